The van der Waals surface area contributed by atoms with E-state index in [1.54, 1.807) is 0 Å². The first kappa shape index (κ1) is 18.0. The predicted octanol–water partition coefficient (Wildman–Crippen LogP) is 2.62. The molecular formula is C22H26N2O3. The largest absolute Gasteiger partial charge is 0.374 e. The second kappa shape index (κ2) is 8.09. The Morgan fingerprint density at radius 1 is 1.11 bits per heavy atom. The van der Waals surface area contributed by atoms with Gasteiger partial charge in [0.05, 0.1) is 12.7 Å². The molecule has 5 nitrogen and oxygen atoms in total. The molecule has 0 spiro atoms. The maximum absolute atomic E-state index is 12.6. The average Bonchev–Trinajstić information content (AvgIpc) is 3.11. The summed E-state index contributed by atoms with van der Waals surface area (Å²) in [5, 5.41) is 2.48. The van der Waals surface area contributed by atoms with E-state index >= 15 is 0 Å². The number of hydrogen-bond donors (Lipinski definition) is 0. The van der Waals surface area contributed by atoms with Crippen molar-refractivity contribution < 1.29 is 14.3 Å². The second-order valence-electron chi connectivity index (χ2n) is 7.41. The number of benzene rings is 2. The van der Waals surface area contributed by atoms with Crippen LogP contribution in [0.1, 0.15) is 24.8 Å². The summed E-state index contributed by atoms with van der Waals surface area (Å²) in [4.78, 5) is 28.0. The number of fused-ring (bicyclic) bond motifs is 1. The molecule has 0 bridgehead atoms. The van der Waals surface area contributed by atoms with Gasteiger partial charge in [0.25, 0.3) is 0 Å². The van der Waals surface area contributed by atoms with Crippen LogP contribution in [0.5, 0.6) is 0 Å². The van der Waals surface area contributed by atoms with Crippen molar-refractivity contribution >= 4 is 22.6 Å². The molecule has 2 aliphatic rings. The Bertz CT molecular complexity index is 830. The molecule has 2 saturated heterocycles. The fraction of sp³-hybridized carbons (Fsp3) is 0.455. The van der Waals surface area contributed by atoms with Gasteiger partial charge in [-0.2, -0.15) is 0 Å². The summed E-state index contributed by atoms with van der Waals surface area (Å²) < 4.78 is 5.95. The Labute approximate surface area is 159 Å². The Hall–Kier alpha value is -2.40. The van der Waals surface area contributed by atoms with Gasteiger partial charge in [-0.05, 0) is 22.8 Å². The van der Waals surface area contributed by atoms with Crippen LogP contribution in [0.25, 0.3) is 10.8 Å². The molecule has 4 rings (SSSR count). The van der Waals surface area contributed by atoms with E-state index in [0.29, 0.717) is 39.1 Å². The topological polar surface area (TPSA) is 49.9 Å². The van der Waals surface area contributed by atoms with Gasteiger partial charge in [0.1, 0.15) is 0 Å². The molecule has 2 aromatic carbocycles. The third-order valence-electron chi connectivity index (χ3n) is 5.59. The summed E-state index contributed by atoms with van der Waals surface area (Å²) >= 11 is 0. The molecule has 27 heavy (non-hydrogen) atoms. The standard InChI is InChI=1S/C22H26N2O3/c25-21-9-4-11-23(21)12-10-22(26)24-13-14-27-19(16-24)15-18-7-3-6-17-5-1-2-8-20(17)18/h1-3,5-8,19H,4,9-16H2. The van der Waals surface area contributed by atoms with Crippen molar-refractivity contribution in [2.24, 2.45) is 0 Å². The fourth-order valence-corrected chi connectivity index (χ4v) is 4.11. The number of carbonyl (C=O) groups excluding carboxylic acids is 2. The molecule has 5 heteroatoms. The van der Waals surface area contributed by atoms with E-state index in [-0.39, 0.29) is 17.9 Å². The minimum Gasteiger partial charge on any atom is -0.374 e. The van der Waals surface area contributed by atoms with E-state index in [2.05, 4.69) is 42.5 Å². The zero-order valence-corrected chi connectivity index (χ0v) is 15.6. The number of ether oxygens (including phenoxy) is 1. The van der Waals surface area contributed by atoms with E-state index in [1.165, 1.54) is 16.3 Å². The fourth-order valence-electron chi connectivity index (χ4n) is 4.11. The van der Waals surface area contributed by atoms with Crippen LogP contribution in [0.2, 0.25) is 0 Å². The first-order valence-electron chi connectivity index (χ1n) is 9.84. The van der Waals surface area contributed by atoms with Gasteiger partial charge in [-0.1, -0.05) is 42.5 Å². The van der Waals surface area contributed by atoms with Crippen LogP contribution in [0.15, 0.2) is 42.5 Å². The zero-order valence-electron chi connectivity index (χ0n) is 15.6. The third kappa shape index (κ3) is 4.14. The van der Waals surface area contributed by atoms with E-state index in [4.69, 9.17) is 4.74 Å². The van der Waals surface area contributed by atoms with E-state index in [9.17, 15) is 9.59 Å². The second-order valence-corrected chi connectivity index (χ2v) is 7.41. The number of amides is 2. The van der Waals surface area contributed by atoms with Crippen molar-refractivity contribution in [2.45, 2.75) is 31.8 Å². The monoisotopic (exact) mass is 366 g/mol. The molecular weight excluding hydrogens is 340 g/mol. The molecule has 1 atom stereocenters. The smallest absolute Gasteiger partial charge is 0.224 e. The summed E-state index contributed by atoms with van der Waals surface area (Å²) in [5.41, 5.74) is 1.26. The SMILES string of the molecule is O=C1CCCN1CCC(=O)N1CCOC(Cc2cccc3ccccc23)C1. The highest BCUT2D eigenvalue weighted by atomic mass is 16.5. The Kier molecular flexibility index (Phi) is 5.39. The van der Waals surface area contributed by atoms with Crippen LogP contribution in [0.4, 0.5) is 0 Å². The minimum absolute atomic E-state index is 0.0157. The Balaban J connectivity index is 1.36. The maximum atomic E-state index is 12.6. The van der Waals surface area contributed by atoms with Crippen LogP contribution < -0.4 is 0 Å². The van der Waals surface area contributed by atoms with Crippen molar-refractivity contribution in [3.8, 4) is 0 Å². The average molecular weight is 366 g/mol. The summed E-state index contributed by atoms with van der Waals surface area (Å²) in [6, 6.07) is 14.7. The molecule has 2 amide bonds. The molecule has 1 unspecified atom stereocenters. The van der Waals surface area contributed by atoms with Crippen LogP contribution in [-0.2, 0) is 20.7 Å². The van der Waals surface area contributed by atoms with Gasteiger partial charge in [0.15, 0.2) is 0 Å². The van der Waals surface area contributed by atoms with Gasteiger partial charge in [0.2, 0.25) is 11.8 Å². The van der Waals surface area contributed by atoms with E-state index in [0.717, 1.165) is 19.4 Å². The quantitative estimate of drug-likeness (QED) is 0.817. The van der Waals surface area contributed by atoms with Gasteiger partial charge in [-0.25, -0.2) is 0 Å². The van der Waals surface area contributed by atoms with Crippen LogP contribution in [-0.4, -0.2) is 60.5 Å². The molecule has 0 N–H and O–H groups in total. The highest BCUT2D eigenvalue weighted by Gasteiger charge is 2.26. The van der Waals surface area contributed by atoms with E-state index < -0.39 is 0 Å². The van der Waals surface area contributed by atoms with Crippen LogP contribution >= 0.6 is 0 Å². The molecule has 2 aromatic rings. The van der Waals surface area contributed by atoms with Crippen LogP contribution in [0.3, 0.4) is 0 Å². The number of carbonyl (C=O) groups is 2. The van der Waals surface area contributed by atoms with Crippen molar-refractivity contribution in [2.75, 3.05) is 32.8 Å². The molecule has 0 saturated carbocycles. The zero-order chi connectivity index (χ0) is 18.6. The van der Waals surface area contributed by atoms with Gasteiger partial charge in [-0.15, -0.1) is 0 Å². The summed E-state index contributed by atoms with van der Waals surface area (Å²) in [7, 11) is 0. The molecule has 2 aliphatic heterocycles. The van der Waals surface area contributed by atoms with Gasteiger partial charge >= 0.3 is 0 Å². The number of nitrogens with zero attached hydrogens (tertiary/aromatic N) is 2. The number of morpholine rings is 1. The van der Waals surface area contributed by atoms with Crippen molar-refractivity contribution in [1.82, 2.24) is 9.80 Å². The lowest BCUT2D eigenvalue weighted by Crippen LogP contribution is -2.47. The molecule has 0 radical (unpaired) electrons. The third-order valence-corrected chi connectivity index (χ3v) is 5.59. The highest BCUT2D eigenvalue weighted by molar-refractivity contribution is 5.85. The number of likely N-dealkylation sites (tertiary alicyclic amines) is 1. The lowest BCUT2D eigenvalue weighted by Gasteiger charge is -2.33. The summed E-state index contributed by atoms with van der Waals surface area (Å²) in [6.45, 7) is 3.17. The highest BCUT2D eigenvalue weighted by Crippen LogP contribution is 2.22. The van der Waals surface area contributed by atoms with Crippen LogP contribution in [0, 0.1) is 0 Å². The van der Waals surface area contributed by atoms with Crippen molar-refractivity contribution in [3.05, 3.63) is 48.0 Å². The summed E-state index contributed by atoms with van der Waals surface area (Å²) in [5.74, 6) is 0.305. The molecule has 0 aliphatic carbocycles. The molecule has 142 valence electrons. The van der Waals surface area contributed by atoms with Crippen molar-refractivity contribution in [1.29, 1.82) is 0 Å². The Morgan fingerprint density at radius 2 is 1.96 bits per heavy atom. The maximum Gasteiger partial charge on any atom is 0.224 e. The van der Waals surface area contributed by atoms with Crippen molar-refractivity contribution in [3.63, 3.8) is 0 Å². The first-order chi connectivity index (χ1) is 13.2. The summed E-state index contributed by atoms with van der Waals surface area (Å²) in [6.07, 6.45) is 2.76. The van der Waals surface area contributed by atoms with Gasteiger partial charge in [0, 0.05) is 45.4 Å². The molecule has 0 aromatic heterocycles. The normalized spacial score (nSPS) is 20.4. The number of hydrogen-bond acceptors (Lipinski definition) is 3. The van der Waals surface area contributed by atoms with E-state index in [1.807, 2.05) is 9.80 Å². The minimum atomic E-state index is 0.0157. The molecule has 2 fully saturated rings. The lowest BCUT2D eigenvalue weighted by atomic mass is 9.99. The Morgan fingerprint density at radius 3 is 2.81 bits per heavy atom. The predicted molar refractivity (Wildman–Crippen MR) is 104 cm³/mol. The lowest BCUT2D eigenvalue weighted by molar-refractivity contribution is -0.139. The van der Waals surface area contributed by atoms with Gasteiger partial charge in [-0.3, -0.25) is 9.59 Å². The van der Waals surface area contributed by atoms with Gasteiger partial charge < -0.3 is 14.5 Å². The first-order valence-corrected chi connectivity index (χ1v) is 9.84. The molecule has 2 heterocycles. The number of rotatable bonds is 5.